The first-order valence-electron chi connectivity index (χ1n) is 5.48. The zero-order valence-corrected chi connectivity index (χ0v) is 8.98. The molecule has 0 saturated carbocycles. The third-order valence-electron chi connectivity index (χ3n) is 2.80. The molecule has 1 saturated heterocycles. The maximum atomic E-state index is 10.8. The van der Waals surface area contributed by atoms with Crippen LogP contribution in [0.5, 0.6) is 0 Å². The summed E-state index contributed by atoms with van der Waals surface area (Å²) in [7, 11) is 0. The zero-order valence-electron chi connectivity index (χ0n) is 8.98. The standard InChI is InChI=1S/C11H15N3O2/c15-14(16)11-6-2-1-5-10(11)13-8-9-4-3-7-12-9/h1-2,5-6,9,12-13H,3-4,7-8H2. The smallest absolute Gasteiger partial charge is 0.292 e. The van der Waals surface area contributed by atoms with Gasteiger partial charge in [0, 0.05) is 18.7 Å². The third kappa shape index (κ3) is 2.49. The molecule has 1 heterocycles. The Kier molecular flexibility index (Phi) is 3.36. The quantitative estimate of drug-likeness (QED) is 0.600. The molecule has 1 aliphatic heterocycles. The minimum atomic E-state index is -0.357. The lowest BCUT2D eigenvalue weighted by Gasteiger charge is -2.12. The van der Waals surface area contributed by atoms with Gasteiger partial charge in [0.25, 0.3) is 5.69 Å². The second-order valence-corrected chi connectivity index (χ2v) is 3.95. The monoisotopic (exact) mass is 221 g/mol. The number of para-hydroxylation sites is 2. The van der Waals surface area contributed by atoms with Crippen LogP contribution in [0.2, 0.25) is 0 Å². The van der Waals surface area contributed by atoms with Crippen LogP contribution in [-0.4, -0.2) is 24.1 Å². The number of rotatable bonds is 4. The van der Waals surface area contributed by atoms with Crippen molar-refractivity contribution in [2.24, 2.45) is 0 Å². The van der Waals surface area contributed by atoms with E-state index in [2.05, 4.69) is 10.6 Å². The Hall–Kier alpha value is -1.62. The van der Waals surface area contributed by atoms with Gasteiger partial charge in [-0.05, 0) is 25.5 Å². The highest BCUT2D eigenvalue weighted by atomic mass is 16.6. The summed E-state index contributed by atoms with van der Waals surface area (Å²) >= 11 is 0. The van der Waals surface area contributed by atoms with Crippen molar-refractivity contribution >= 4 is 11.4 Å². The average Bonchev–Trinajstić information content (AvgIpc) is 2.79. The minimum absolute atomic E-state index is 0.139. The highest BCUT2D eigenvalue weighted by molar-refractivity contribution is 5.61. The second kappa shape index (κ2) is 4.94. The van der Waals surface area contributed by atoms with Crippen LogP contribution in [0.25, 0.3) is 0 Å². The van der Waals surface area contributed by atoms with E-state index < -0.39 is 0 Å². The molecule has 0 aromatic heterocycles. The molecule has 0 spiro atoms. The van der Waals surface area contributed by atoms with Gasteiger partial charge in [-0.2, -0.15) is 0 Å². The lowest BCUT2D eigenvalue weighted by molar-refractivity contribution is -0.384. The highest BCUT2D eigenvalue weighted by Gasteiger charge is 2.16. The van der Waals surface area contributed by atoms with Gasteiger partial charge in [-0.3, -0.25) is 10.1 Å². The molecule has 2 N–H and O–H groups in total. The van der Waals surface area contributed by atoms with Crippen LogP contribution in [0.4, 0.5) is 11.4 Å². The second-order valence-electron chi connectivity index (χ2n) is 3.95. The SMILES string of the molecule is O=[N+]([O-])c1ccccc1NCC1CCCN1. The van der Waals surface area contributed by atoms with E-state index >= 15 is 0 Å². The molecule has 1 fully saturated rings. The normalized spacial score (nSPS) is 19.6. The van der Waals surface area contributed by atoms with Gasteiger partial charge in [0.2, 0.25) is 0 Å². The molecule has 1 atom stereocenters. The van der Waals surface area contributed by atoms with Crippen LogP contribution in [0, 0.1) is 10.1 Å². The summed E-state index contributed by atoms with van der Waals surface area (Å²) in [6, 6.07) is 7.17. The summed E-state index contributed by atoms with van der Waals surface area (Å²) in [5, 5.41) is 17.2. The van der Waals surface area contributed by atoms with Crippen molar-refractivity contribution in [1.82, 2.24) is 5.32 Å². The lowest BCUT2D eigenvalue weighted by atomic mass is 10.2. The van der Waals surface area contributed by atoms with Crippen molar-refractivity contribution in [1.29, 1.82) is 0 Å². The Labute approximate surface area is 94.0 Å². The molecule has 5 nitrogen and oxygen atoms in total. The Morgan fingerprint density at radius 2 is 2.31 bits per heavy atom. The molecule has 1 unspecified atom stereocenters. The summed E-state index contributed by atoms with van der Waals surface area (Å²) in [5.74, 6) is 0. The summed E-state index contributed by atoms with van der Waals surface area (Å²) in [6.45, 7) is 1.79. The molecule has 0 amide bonds. The molecule has 1 aromatic carbocycles. The van der Waals surface area contributed by atoms with E-state index in [1.165, 1.54) is 12.5 Å². The first kappa shape index (κ1) is 10.9. The number of hydrogen-bond donors (Lipinski definition) is 2. The summed E-state index contributed by atoms with van der Waals surface area (Å²) in [6.07, 6.45) is 2.32. The molecule has 2 rings (SSSR count). The molecule has 0 aliphatic carbocycles. The molecule has 0 bridgehead atoms. The van der Waals surface area contributed by atoms with Crippen LogP contribution in [0.1, 0.15) is 12.8 Å². The number of nitrogens with zero attached hydrogens (tertiary/aromatic N) is 1. The molecule has 1 aliphatic rings. The van der Waals surface area contributed by atoms with E-state index in [-0.39, 0.29) is 10.6 Å². The van der Waals surface area contributed by atoms with E-state index in [1.54, 1.807) is 18.2 Å². The lowest BCUT2D eigenvalue weighted by Crippen LogP contribution is -2.29. The van der Waals surface area contributed by atoms with E-state index in [4.69, 9.17) is 0 Å². The summed E-state index contributed by atoms with van der Waals surface area (Å²) in [4.78, 5) is 10.4. The van der Waals surface area contributed by atoms with Gasteiger partial charge >= 0.3 is 0 Å². The van der Waals surface area contributed by atoms with Crippen LogP contribution in [0.3, 0.4) is 0 Å². The number of hydrogen-bond acceptors (Lipinski definition) is 4. The molecule has 5 heteroatoms. The molecule has 16 heavy (non-hydrogen) atoms. The highest BCUT2D eigenvalue weighted by Crippen LogP contribution is 2.23. The average molecular weight is 221 g/mol. The van der Waals surface area contributed by atoms with Crippen molar-refractivity contribution < 1.29 is 4.92 Å². The number of nitro groups is 1. The van der Waals surface area contributed by atoms with Crippen molar-refractivity contribution in [3.05, 3.63) is 34.4 Å². The molecule has 0 radical (unpaired) electrons. The predicted octanol–water partition coefficient (Wildman–Crippen LogP) is 1.76. The Morgan fingerprint density at radius 1 is 1.50 bits per heavy atom. The summed E-state index contributed by atoms with van der Waals surface area (Å²) in [5.41, 5.74) is 0.738. The maximum absolute atomic E-state index is 10.8. The fourth-order valence-electron chi connectivity index (χ4n) is 1.95. The number of nitro benzene ring substituents is 1. The van der Waals surface area contributed by atoms with E-state index in [9.17, 15) is 10.1 Å². The van der Waals surface area contributed by atoms with Crippen molar-refractivity contribution in [2.45, 2.75) is 18.9 Å². The van der Waals surface area contributed by atoms with Gasteiger partial charge in [-0.1, -0.05) is 12.1 Å². The Morgan fingerprint density at radius 3 is 3.00 bits per heavy atom. The fraction of sp³-hybridized carbons (Fsp3) is 0.455. The zero-order chi connectivity index (χ0) is 11.4. The van der Waals surface area contributed by atoms with Crippen LogP contribution >= 0.6 is 0 Å². The van der Waals surface area contributed by atoms with E-state index in [0.717, 1.165) is 19.5 Å². The predicted molar refractivity (Wildman–Crippen MR) is 62.6 cm³/mol. The van der Waals surface area contributed by atoms with Gasteiger partial charge in [0.05, 0.1) is 4.92 Å². The Bertz CT molecular complexity index is 375. The maximum Gasteiger partial charge on any atom is 0.292 e. The fourth-order valence-corrected chi connectivity index (χ4v) is 1.95. The molecule has 86 valence electrons. The summed E-state index contributed by atoms with van der Waals surface area (Å²) < 4.78 is 0. The van der Waals surface area contributed by atoms with Crippen molar-refractivity contribution in [2.75, 3.05) is 18.4 Å². The van der Waals surface area contributed by atoms with Gasteiger partial charge in [0.15, 0.2) is 0 Å². The molecule has 1 aromatic rings. The largest absolute Gasteiger partial charge is 0.378 e. The van der Waals surface area contributed by atoms with Gasteiger partial charge < -0.3 is 10.6 Å². The van der Waals surface area contributed by atoms with E-state index in [1.807, 2.05) is 0 Å². The minimum Gasteiger partial charge on any atom is -0.378 e. The number of anilines is 1. The first-order chi connectivity index (χ1) is 7.77. The van der Waals surface area contributed by atoms with Crippen LogP contribution in [0.15, 0.2) is 24.3 Å². The van der Waals surface area contributed by atoms with Crippen molar-refractivity contribution in [3.8, 4) is 0 Å². The van der Waals surface area contributed by atoms with Crippen LogP contribution < -0.4 is 10.6 Å². The molecular formula is C11H15N3O2. The van der Waals surface area contributed by atoms with E-state index in [0.29, 0.717) is 11.7 Å². The van der Waals surface area contributed by atoms with Gasteiger partial charge in [-0.15, -0.1) is 0 Å². The van der Waals surface area contributed by atoms with Gasteiger partial charge in [0.1, 0.15) is 5.69 Å². The van der Waals surface area contributed by atoms with Gasteiger partial charge in [-0.25, -0.2) is 0 Å². The molecular weight excluding hydrogens is 206 g/mol. The number of nitrogens with one attached hydrogen (secondary N) is 2. The van der Waals surface area contributed by atoms with Crippen LogP contribution in [-0.2, 0) is 0 Å². The topological polar surface area (TPSA) is 67.2 Å². The number of benzene rings is 1. The van der Waals surface area contributed by atoms with Crippen molar-refractivity contribution in [3.63, 3.8) is 0 Å². The third-order valence-corrected chi connectivity index (χ3v) is 2.80. The first-order valence-corrected chi connectivity index (χ1v) is 5.48. The Balaban J connectivity index is 2.00.